The Morgan fingerprint density at radius 2 is 1.41 bits per heavy atom. The molecule has 0 saturated carbocycles. The summed E-state index contributed by atoms with van der Waals surface area (Å²) in [5.41, 5.74) is 2.32. The molecule has 0 spiro atoms. The van der Waals surface area contributed by atoms with Crippen LogP contribution in [0.3, 0.4) is 0 Å². The molecule has 29 heavy (non-hydrogen) atoms. The van der Waals surface area contributed by atoms with Crippen molar-refractivity contribution in [1.82, 2.24) is 9.78 Å². The maximum atomic E-state index is 13.4. The molecule has 5 nitrogen and oxygen atoms in total. The minimum atomic E-state index is -0.777. The summed E-state index contributed by atoms with van der Waals surface area (Å²) in [5, 5.41) is 9.71. The van der Waals surface area contributed by atoms with Crippen molar-refractivity contribution in [1.29, 1.82) is 0 Å². The summed E-state index contributed by atoms with van der Waals surface area (Å²) in [6.07, 6.45) is 0. The molecule has 0 aliphatic rings. The molecule has 0 atom stereocenters. The number of aromatic nitrogens is 2. The minimum Gasteiger partial charge on any atom is -0.307 e. The summed E-state index contributed by atoms with van der Waals surface area (Å²) in [7, 11) is 0. The molecular weight excluding hydrogens is 374 g/mol. The van der Waals surface area contributed by atoms with Gasteiger partial charge in [0, 0.05) is 23.4 Å². The molecule has 0 unspecified atom stereocenters. The van der Waals surface area contributed by atoms with Gasteiger partial charge < -0.3 is 5.32 Å². The Morgan fingerprint density at radius 1 is 0.793 bits per heavy atom. The lowest BCUT2D eigenvalue weighted by Gasteiger charge is -2.10. The van der Waals surface area contributed by atoms with Gasteiger partial charge in [0.05, 0.1) is 11.4 Å². The fourth-order valence-electron chi connectivity index (χ4n) is 2.89. The Balaban J connectivity index is 1.64. The van der Waals surface area contributed by atoms with Gasteiger partial charge in [-0.15, -0.1) is 0 Å². The zero-order chi connectivity index (χ0) is 20.2. The number of para-hydroxylation sites is 1. The molecule has 4 rings (SSSR count). The van der Waals surface area contributed by atoms with E-state index in [1.165, 1.54) is 0 Å². The van der Waals surface area contributed by atoms with Crippen molar-refractivity contribution in [3.8, 4) is 16.9 Å². The highest BCUT2D eigenvalue weighted by molar-refractivity contribution is 5.99. The fourth-order valence-corrected chi connectivity index (χ4v) is 2.89. The Bertz CT molecular complexity index is 1120. The van der Waals surface area contributed by atoms with Crippen molar-refractivity contribution in [3.63, 3.8) is 0 Å². The van der Waals surface area contributed by atoms with Crippen LogP contribution in [-0.4, -0.2) is 15.8 Å². The largest absolute Gasteiger partial charge is 0.324 e. The molecule has 3 aromatic carbocycles. The van der Waals surface area contributed by atoms with Gasteiger partial charge in [0.2, 0.25) is 0 Å². The average molecular weight is 390 g/mol. The first-order chi connectivity index (χ1) is 14.1. The molecule has 2 amide bonds. The third-order valence-corrected chi connectivity index (χ3v) is 4.14. The molecule has 0 fully saturated rings. The van der Waals surface area contributed by atoms with Gasteiger partial charge in [-0.05, 0) is 24.3 Å². The first kappa shape index (κ1) is 18.4. The molecule has 0 radical (unpaired) electrons. The summed E-state index contributed by atoms with van der Waals surface area (Å²) < 4.78 is 28.3. The summed E-state index contributed by atoms with van der Waals surface area (Å²) in [4.78, 5) is 12.4. The van der Waals surface area contributed by atoms with Crippen LogP contribution in [0.15, 0.2) is 84.9 Å². The molecule has 0 saturated heterocycles. The topological polar surface area (TPSA) is 59.0 Å². The van der Waals surface area contributed by atoms with Gasteiger partial charge in [-0.25, -0.2) is 18.3 Å². The number of nitrogens with one attached hydrogen (secondary N) is 2. The SMILES string of the molecule is O=C(Nc1cc(F)cc(F)c1)Nc1cc(-c2ccccc2)nn1-c1ccccc1. The number of urea groups is 1. The zero-order valence-corrected chi connectivity index (χ0v) is 15.1. The Morgan fingerprint density at radius 3 is 2.07 bits per heavy atom. The smallest absolute Gasteiger partial charge is 0.307 e. The van der Waals surface area contributed by atoms with Crippen LogP contribution in [0, 0.1) is 11.6 Å². The molecular formula is C22H16F2N4O. The number of rotatable bonds is 4. The van der Waals surface area contributed by atoms with Crippen LogP contribution in [0.5, 0.6) is 0 Å². The molecule has 7 heteroatoms. The number of carbonyl (C=O) groups is 1. The van der Waals surface area contributed by atoms with Crippen molar-refractivity contribution >= 4 is 17.5 Å². The summed E-state index contributed by atoms with van der Waals surface area (Å²) in [6, 6.07) is 22.7. The van der Waals surface area contributed by atoms with E-state index in [1.54, 1.807) is 10.7 Å². The third kappa shape index (κ3) is 4.30. The van der Waals surface area contributed by atoms with Crippen LogP contribution >= 0.6 is 0 Å². The average Bonchev–Trinajstić information content (AvgIpc) is 3.12. The predicted molar refractivity (Wildman–Crippen MR) is 108 cm³/mol. The van der Waals surface area contributed by atoms with E-state index >= 15 is 0 Å². The number of anilines is 2. The zero-order valence-electron chi connectivity index (χ0n) is 15.1. The van der Waals surface area contributed by atoms with Gasteiger partial charge >= 0.3 is 6.03 Å². The molecule has 1 heterocycles. The van der Waals surface area contributed by atoms with E-state index in [0.29, 0.717) is 11.5 Å². The van der Waals surface area contributed by atoms with Crippen LogP contribution in [0.25, 0.3) is 16.9 Å². The van der Waals surface area contributed by atoms with E-state index in [4.69, 9.17) is 0 Å². The molecule has 2 N–H and O–H groups in total. The maximum Gasteiger partial charge on any atom is 0.324 e. The number of hydrogen-bond acceptors (Lipinski definition) is 2. The fraction of sp³-hybridized carbons (Fsp3) is 0. The Labute approximate surface area is 165 Å². The highest BCUT2D eigenvalue weighted by atomic mass is 19.1. The van der Waals surface area contributed by atoms with Gasteiger partial charge in [-0.3, -0.25) is 5.32 Å². The van der Waals surface area contributed by atoms with Crippen LogP contribution in [0.4, 0.5) is 25.1 Å². The molecule has 0 aliphatic carbocycles. The number of nitrogens with zero attached hydrogens (tertiary/aromatic N) is 2. The number of carbonyl (C=O) groups excluding carboxylic acids is 1. The van der Waals surface area contributed by atoms with Crippen molar-refractivity contribution < 1.29 is 13.6 Å². The van der Waals surface area contributed by atoms with Crippen molar-refractivity contribution in [2.45, 2.75) is 0 Å². The highest BCUT2D eigenvalue weighted by Crippen LogP contribution is 2.25. The number of amides is 2. The quantitative estimate of drug-likeness (QED) is 0.486. The number of halogens is 2. The standard InChI is InChI=1S/C22H16F2N4O/c23-16-11-17(24)13-18(12-16)25-22(29)26-21-14-20(15-7-3-1-4-8-15)27-28(21)19-9-5-2-6-10-19/h1-14H,(H2,25,26,29). The van der Waals surface area contributed by atoms with Gasteiger partial charge in [0.25, 0.3) is 0 Å². The summed E-state index contributed by atoms with van der Waals surface area (Å²) in [6.45, 7) is 0. The summed E-state index contributed by atoms with van der Waals surface area (Å²) in [5.74, 6) is -1.15. The Kier molecular flexibility index (Phi) is 5.03. The van der Waals surface area contributed by atoms with Gasteiger partial charge in [-0.1, -0.05) is 48.5 Å². The van der Waals surface area contributed by atoms with Crippen molar-refractivity contribution in [2.24, 2.45) is 0 Å². The second-order valence-corrected chi connectivity index (χ2v) is 6.27. The predicted octanol–water partition coefficient (Wildman–Crippen LogP) is 5.46. The van der Waals surface area contributed by atoms with E-state index in [0.717, 1.165) is 29.4 Å². The van der Waals surface area contributed by atoms with Gasteiger partial charge in [0.15, 0.2) is 0 Å². The Hall–Kier alpha value is -4.00. The lowest BCUT2D eigenvalue weighted by atomic mass is 10.2. The first-order valence-electron chi connectivity index (χ1n) is 8.83. The van der Waals surface area contributed by atoms with E-state index in [-0.39, 0.29) is 5.69 Å². The first-order valence-corrected chi connectivity index (χ1v) is 8.83. The van der Waals surface area contributed by atoms with Gasteiger partial charge in [0.1, 0.15) is 17.5 Å². The van der Waals surface area contributed by atoms with E-state index in [2.05, 4.69) is 15.7 Å². The van der Waals surface area contributed by atoms with Crippen LogP contribution in [0.1, 0.15) is 0 Å². The van der Waals surface area contributed by atoms with Crippen LogP contribution in [-0.2, 0) is 0 Å². The lowest BCUT2D eigenvalue weighted by molar-refractivity contribution is 0.262. The maximum absolute atomic E-state index is 13.4. The number of benzene rings is 3. The molecule has 144 valence electrons. The second kappa shape index (κ2) is 7.93. The second-order valence-electron chi connectivity index (χ2n) is 6.27. The third-order valence-electron chi connectivity index (χ3n) is 4.14. The minimum absolute atomic E-state index is 0.00839. The van der Waals surface area contributed by atoms with Crippen molar-refractivity contribution in [2.75, 3.05) is 10.6 Å². The van der Waals surface area contributed by atoms with E-state index in [9.17, 15) is 13.6 Å². The highest BCUT2D eigenvalue weighted by Gasteiger charge is 2.14. The van der Waals surface area contributed by atoms with E-state index < -0.39 is 17.7 Å². The monoisotopic (exact) mass is 390 g/mol. The summed E-state index contributed by atoms with van der Waals surface area (Å²) >= 11 is 0. The van der Waals surface area contributed by atoms with Crippen LogP contribution in [0.2, 0.25) is 0 Å². The van der Waals surface area contributed by atoms with E-state index in [1.807, 2.05) is 60.7 Å². The lowest BCUT2D eigenvalue weighted by Crippen LogP contribution is -2.21. The van der Waals surface area contributed by atoms with Crippen molar-refractivity contribution in [3.05, 3.63) is 96.6 Å². The number of hydrogen-bond donors (Lipinski definition) is 2. The molecule has 0 bridgehead atoms. The molecule has 4 aromatic rings. The van der Waals surface area contributed by atoms with Crippen LogP contribution < -0.4 is 10.6 Å². The molecule has 0 aliphatic heterocycles. The molecule has 1 aromatic heterocycles. The normalized spacial score (nSPS) is 10.6. The van der Waals surface area contributed by atoms with Gasteiger partial charge in [-0.2, -0.15) is 5.10 Å².